The second-order valence-electron chi connectivity index (χ2n) is 4.91. The lowest BCUT2D eigenvalue weighted by Crippen LogP contribution is -2.51. The minimum Gasteiger partial charge on any atom is -0.374 e. The minimum atomic E-state index is -0.215. The Hall–Kier alpha value is -0.490. The average molecular weight is 331 g/mol. The third-order valence-corrected chi connectivity index (χ3v) is 4.07. The van der Waals surface area contributed by atoms with Crippen LogP contribution in [0.3, 0.4) is 0 Å². The molecule has 2 N–H and O–H groups in total. The molecule has 0 amide bonds. The van der Waals surface area contributed by atoms with Gasteiger partial charge in [0.05, 0.1) is 12.7 Å². The number of morpholine rings is 1. The van der Waals surface area contributed by atoms with Crippen molar-refractivity contribution in [2.45, 2.75) is 25.5 Å². The van der Waals surface area contributed by atoms with Crippen molar-refractivity contribution in [3.05, 3.63) is 34.1 Å². The van der Waals surface area contributed by atoms with Gasteiger partial charge in [0.15, 0.2) is 0 Å². The second-order valence-corrected chi connectivity index (χ2v) is 5.82. The van der Waals surface area contributed by atoms with E-state index in [1.807, 2.05) is 6.07 Å². The van der Waals surface area contributed by atoms with Gasteiger partial charge in [0, 0.05) is 23.6 Å². The zero-order valence-corrected chi connectivity index (χ0v) is 12.7. The fraction of sp³-hybridized carbons (Fsp3) is 0.571. The summed E-state index contributed by atoms with van der Waals surface area (Å²) in [6, 6.07) is 4.91. The Bertz CT molecular complexity index is 430. The summed E-state index contributed by atoms with van der Waals surface area (Å²) in [4.78, 5) is 2.31. The zero-order chi connectivity index (χ0) is 13.8. The first-order chi connectivity index (χ1) is 9.10. The van der Waals surface area contributed by atoms with Gasteiger partial charge in [-0.1, -0.05) is 28.9 Å². The van der Waals surface area contributed by atoms with E-state index in [1.165, 1.54) is 6.07 Å². The quantitative estimate of drug-likeness (QED) is 0.919. The monoisotopic (exact) mass is 330 g/mol. The van der Waals surface area contributed by atoms with Gasteiger partial charge in [0.1, 0.15) is 5.82 Å². The molecule has 2 atom stereocenters. The van der Waals surface area contributed by atoms with Crippen LogP contribution in [0, 0.1) is 5.82 Å². The Kier molecular flexibility index (Phi) is 5.33. The Morgan fingerprint density at radius 1 is 1.58 bits per heavy atom. The number of hydrogen-bond donors (Lipinski definition) is 1. The molecule has 0 spiro atoms. The smallest absolute Gasteiger partial charge is 0.127 e. The summed E-state index contributed by atoms with van der Waals surface area (Å²) in [6.07, 6.45) is 0.484. The molecular weight excluding hydrogens is 311 g/mol. The third-order valence-electron chi connectivity index (χ3n) is 3.57. The standard InChI is InChI=1S/C14H20BrFN2O/c1-2-18-5-6-19-14(9-18)13(17)7-10-3-4-11(15)8-12(10)16/h3-4,8,13-14H,2,5-7,9,17H2,1H3. The summed E-state index contributed by atoms with van der Waals surface area (Å²) in [5, 5.41) is 0. The van der Waals surface area contributed by atoms with Crippen LogP contribution in [-0.4, -0.2) is 43.3 Å². The zero-order valence-electron chi connectivity index (χ0n) is 11.1. The van der Waals surface area contributed by atoms with E-state index in [1.54, 1.807) is 6.07 Å². The van der Waals surface area contributed by atoms with Crippen molar-refractivity contribution < 1.29 is 9.13 Å². The lowest BCUT2D eigenvalue weighted by atomic mass is 10.0. The molecule has 3 nitrogen and oxygen atoms in total. The maximum atomic E-state index is 13.8. The predicted molar refractivity (Wildman–Crippen MR) is 77.6 cm³/mol. The first-order valence-corrected chi connectivity index (χ1v) is 7.43. The maximum absolute atomic E-state index is 13.8. The molecule has 0 aliphatic carbocycles. The highest BCUT2D eigenvalue weighted by Crippen LogP contribution is 2.18. The van der Waals surface area contributed by atoms with Gasteiger partial charge in [0.2, 0.25) is 0 Å². The molecule has 0 saturated carbocycles. The Morgan fingerprint density at radius 2 is 2.37 bits per heavy atom. The molecule has 1 fully saturated rings. The van der Waals surface area contributed by atoms with E-state index in [0.717, 1.165) is 24.1 Å². The molecule has 1 heterocycles. The van der Waals surface area contributed by atoms with Crippen molar-refractivity contribution in [1.82, 2.24) is 4.90 Å². The van der Waals surface area contributed by atoms with Crippen LogP contribution in [0.1, 0.15) is 12.5 Å². The van der Waals surface area contributed by atoms with Crippen LogP contribution >= 0.6 is 15.9 Å². The Balaban J connectivity index is 1.98. The molecule has 1 aliphatic heterocycles. The molecule has 1 aliphatic rings. The number of rotatable bonds is 4. The number of likely N-dealkylation sites (N-methyl/N-ethyl adjacent to an activating group) is 1. The molecule has 0 bridgehead atoms. The lowest BCUT2D eigenvalue weighted by Gasteiger charge is -2.35. The van der Waals surface area contributed by atoms with Crippen molar-refractivity contribution in [2.24, 2.45) is 5.73 Å². The van der Waals surface area contributed by atoms with Crippen LogP contribution in [0.4, 0.5) is 4.39 Å². The highest BCUT2D eigenvalue weighted by Gasteiger charge is 2.25. The van der Waals surface area contributed by atoms with Crippen LogP contribution in [0.5, 0.6) is 0 Å². The molecule has 106 valence electrons. The fourth-order valence-corrected chi connectivity index (χ4v) is 2.68. The topological polar surface area (TPSA) is 38.5 Å². The summed E-state index contributed by atoms with van der Waals surface area (Å²) < 4.78 is 20.2. The molecule has 1 aromatic carbocycles. The van der Waals surface area contributed by atoms with Gasteiger partial charge < -0.3 is 10.5 Å². The van der Waals surface area contributed by atoms with Crippen LogP contribution < -0.4 is 5.73 Å². The molecule has 1 aromatic rings. The Labute approximate surface area is 122 Å². The van der Waals surface area contributed by atoms with Gasteiger partial charge in [0.25, 0.3) is 0 Å². The molecule has 2 rings (SSSR count). The van der Waals surface area contributed by atoms with Crippen molar-refractivity contribution in [3.8, 4) is 0 Å². The fourth-order valence-electron chi connectivity index (χ4n) is 2.35. The van der Waals surface area contributed by atoms with E-state index in [2.05, 4.69) is 27.8 Å². The third kappa shape index (κ3) is 3.99. The number of halogens is 2. The summed E-state index contributed by atoms with van der Waals surface area (Å²) >= 11 is 3.25. The SMILES string of the molecule is CCN1CCOC(C(N)Cc2ccc(Br)cc2F)C1. The maximum Gasteiger partial charge on any atom is 0.127 e. The number of ether oxygens (including phenoxy) is 1. The van der Waals surface area contributed by atoms with Gasteiger partial charge >= 0.3 is 0 Å². The first-order valence-electron chi connectivity index (χ1n) is 6.63. The molecule has 5 heteroatoms. The normalized spacial score (nSPS) is 22.4. The molecule has 0 aromatic heterocycles. The van der Waals surface area contributed by atoms with E-state index in [0.29, 0.717) is 18.6 Å². The van der Waals surface area contributed by atoms with Gasteiger partial charge in [-0.3, -0.25) is 4.90 Å². The predicted octanol–water partition coefficient (Wildman–Crippen LogP) is 2.18. The highest BCUT2D eigenvalue weighted by molar-refractivity contribution is 9.10. The lowest BCUT2D eigenvalue weighted by molar-refractivity contribution is -0.0386. The molecule has 19 heavy (non-hydrogen) atoms. The molecule has 0 radical (unpaired) electrons. The van der Waals surface area contributed by atoms with Crippen molar-refractivity contribution >= 4 is 15.9 Å². The average Bonchev–Trinajstić information content (AvgIpc) is 2.42. The van der Waals surface area contributed by atoms with Gasteiger partial charge in [-0.15, -0.1) is 0 Å². The summed E-state index contributed by atoms with van der Waals surface area (Å²) in [5.41, 5.74) is 6.82. The van der Waals surface area contributed by atoms with E-state index < -0.39 is 0 Å². The van der Waals surface area contributed by atoms with Crippen LogP contribution in [-0.2, 0) is 11.2 Å². The second kappa shape index (κ2) is 6.79. The largest absolute Gasteiger partial charge is 0.374 e. The van der Waals surface area contributed by atoms with Crippen molar-refractivity contribution in [3.63, 3.8) is 0 Å². The van der Waals surface area contributed by atoms with Crippen LogP contribution in [0.15, 0.2) is 22.7 Å². The van der Waals surface area contributed by atoms with E-state index in [4.69, 9.17) is 10.5 Å². The molecular formula is C14H20BrFN2O. The molecule has 1 saturated heterocycles. The van der Waals surface area contributed by atoms with E-state index in [-0.39, 0.29) is 18.0 Å². The van der Waals surface area contributed by atoms with Gasteiger partial charge in [-0.2, -0.15) is 0 Å². The van der Waals surface area contributed by atoms with Crippen LogP contribution in [0.25, 0.3) is 0 Å². The minimum absolute atomic E-state index is 0.0169. The van der Waals surface area contributed by atoms with Gasteiger partial charge in [-0.05, 0) is 30.7 Å². The van der Waals surface area contributed by atoms with Crippen LogP contribution in [0.2, 0.25) is 0 Å². The molecule has 2 unspecified atom stereocenters. The summed E-state index contributed by atoms with van der Waals surface area (Å²) in [7, 11) is 0. The van der Waals surface area contributed by atoms with Gasteiger partial charge in [-0.25, -0.2) is 4.39 Å². The number of nitrogens with two attached hydrogens (primary N) is 1. The summed E-state index contributed by atoms with van der Waals surface area (Å²) in [6.45, 7) is 5.61. The first kappa shape index (κ1) is 14.9. The highest BCUT2D eigenvalue weighted by atomic mass is 79.9. The van der Waals surface area contributed by atoms with E-state index in [9.17, 15) is 4.39 Å². The van der Waals surface area contributed by atoms with Crippen molar-refractivity contribution in [2.75, 3.05) is 26.2 Å². The Morgan fingerprint density at radius 3 is 3.05 bits per heavy atom. The summed E-state index contributed by atoms with van der Waals surface area (Å²) in [5.74, 6) is -0.215. The number of benzene rings is 1. The van der Waals surface area contributed by atoms with Crippen molar-refractivity contribution in [1.29, 1.82) is 0 Å². The van der Waals surface area contributed by atoms with E-state index >= 15 is 0 Å². The number of hydrogen-bond acceptors (Lipinski definition) is 3. The number of nitrogens with zero attached hydrogens (tertiary/aromatic N) is 1.